The number of aliphatic imine (C=N–C) groups is 1. The van der Waals surface area contributed by atoms with Crippen LogP contribution >= 0.6 is 24.0 Å². The highest BCUT2D eigenvalue weighted by molar-refractivity contribution is 14.0. The van der Waals surface area contributed by atoms with Gasteiger partial charge in [-0.1, -0.05) is 18.9 Å². The number of hydrogen-bond acceptors (Lipinski definition) is 3. The average Bonchev–Trinajstić information content (AvgIpc) is 2.73. The molecule has 130 valence electrons. The molecule has 0 amide bonds. The van der Waals surface area contributed by atoms with Crippen molar-refractivity contribution in [1.82, 2.24) is 10.3 Å². The van der Waals surface area contributed by atoms with E-state index in [-0.39, 0.29) is 29.5 Å². The lowest BCUT2D eigenvalue weighted by atomic mass is 10.1. The van der Waals surface area contributed by atoms with Gasteiger partial charge in [0.15, 0.2) is 5.96 Å². The number of nitrogens with one attached hydrogen (secondary N) is 1. The molecule has 1 aromatic rings. The summed E-state index contributed by atoms with van der Waals surface area (Å²) in [5.74, 6) is 1.56. The summed E-state index contributed by atoms with van der Waals surface area (Å²) < 4.78 is 0. The van der Waals surface area contributed by atoms with Crippen molar-refractivity contribution >= 4 is 35.8 Å². The predicted octanol–water partition coefficient (Wildman–Crippen LogP) is 3.28. The third-order valence-electron chi connectivity index (χ3n) is 3.67. The molecule has 0 aliphatic carbocycles. The third-order valence-corrected chi connectivity index (χ3v) is 3.67. The van der Waals surface area contributed by atoms with Gasteiger partial charge in [0.25, 0.3) is 0 Å². The van der Waals surface area contributed by atoms with Crippen molar-refractivity contribution in [2.45, 2.75) is 58.5 Å². The lowest BCUT2D eigenvalue weighted by molar-refractivity contribution is 0.508. The first-order valence-electron chi connectivity index (χ1n) is 8.22. The van der Waals surface area contributed by atoms with Gasteiger partial charge in [-0.15, -0.1) is 24.0 Å². The molecule has 23 heavy (non-hydrogen) atoms. The molecule has 2 rings (SSSR count). The zero-order valence-corrected chi connectivity index (χ0v) is 16.8. The van der Waals surface area contributed by atoms with E-state index in [0.717, 1.165) is 24.5 Å². The molecule has 1 aromatic heterocycles. The molecule has 0 spiro atoms. The maximum atomic E-state index is 5.88. The van der Waals surface area contributed by atoms with Gasteiger partial charge in [0.1, 0.15) is 5.82 Å². The Balaban J connectivity index is 0.00000264. The normalized spacial score (nSPS) is 16.5. The zero-order chi connectivity index (χ0) is 16.0. The second-order valence-electron chi connectivity index (χ2n) is 7.00. The minimum atomic E-state index is -0.0670. The summed E-state index contributed by atoms with van der Waals surface area (Å²) in [6.07, 6.45) is 7.12. The van der Waals surface area contributed by atoms with Crippen LogP contribution in [-0.2, 0) is 6.54 Å². The Kier molecular flexibility index (Phi) is 8.08. The van der Waals surface area contributed by atoms with Crippen LogP contribution in [0.1, 0.15) is 52.0 Å². The van der Waals surface area contributed by atoms with E-state index in [9.17, 15) is 0 Å². The second kappa shape index (κ2) is 9.30. The molecule has 0 aromatic carbocycles. The van der Waals surface area contributed by atoms with Crippen LogP contribution in [0.15, 0.2) is 23.3 Å². The first-order chi connectivity index (χ1) is 10.4. The molecular weight excluding hydrogens is 401 g/mol. The van der Waals surface area contributed by atoms with E-state index in [1.54, 1.807) is 0 Å². The number of nitrogens with zero attached hydrogens (tertiary/aromatic N) is 3. The number of hydrogen-bond donors (Lipinski definition) is 2. The van der Waals surface area contributed by atoms with Crippen molar-refractivity contribution in [2.75, 3.05) is 18.0 Å². The van der Waals surface area contributed by atoms with Gasteiger partial charge in [-0.2, -0.15) is 0 Å². The number of aromatic nitrogens is 1. The van der Waals surface area contributed by atoms with Crippen LogP contribution in [0.2, 0.25) is 0 Å². The highest BCUT2D eigenvalue weighted by Crippen LogP contribution is 2.17. The lowest BCUT2D eigenvalue weighted by Crippen LogP contribution is -2.44. The summed E-state index contributed by atoms with van der Waals surface area (Å²) in [7, 11) is 0. The van der Waals surface area contributed by atoms with E-state index in [0.29, 0.717) is 12.5 Å². The van der Waals surface area contributed by atoms with Gasteiger partial charge in [0.05, 0.1) is 6.54 Å². The topological polar surface area (TPSA) is 66.5 Å². The van der Waals surface area contributed by atoms with Gasteiger partial charge in [-0.3, -0.25) is 0 Å². The molecule has 5 nitrogen and oxygen atoms in total. The maximum absolute atomic E-state index is 5.88. The SMILES string of the molecule is CC(C)(C)NC(N)=NCc1ccc(N2CCCCCC2)nc1.I. The number of rotatable bonds is 3. The van der Waals surface area contributed by atoms with Crippen LogP contribution in [0, 0.1) is 0 Å². The smallest absolute Gasteiger partial charge is 0.189 e. The monoisotopic (exact) mass is 431 g/mol. The van der Waals surface area contributed by atoms with E-state index < -0.39 is 0 Å². The predicted molar refractivity (Wildman–Crippen MR) is 109 cm³/mol. The fourth-order valence-corrected chi connectivity index (χ4v) is 2.60. The molecule has 0 saturated carbocycles. The van der Waals surface area contributed by atoms with Gasteiger partial charge >= 0.3 is 0 Å². The Morgan fingerprint density at radius 3 is 2.39 bits per heavy atom. The summed E-state index contributed by atoms with van der Waals surface area (Å²) in [6, 6.07) is 4.20. The maximum Gasteiger partial charge on any atom is 0.189 e. The first-order valence-corrected chi connectivity index (χ1v) is 8.22. The van der Waals surface area contributed by atoms with Crippen molar-refractivity contribution in [3.05, 3.63) is 23.9 Å². The van der Waals surface area contributed by atoms with E-state index >= 15 is 0 Å². The molecule has 1 aliphatic rings. The van der Waals surface area contributed by atoms with Crippen LogP contribution in [0.5, 0.6) is 0 Å². The quantitative estimate of drug-likeness (QED) is 0.438. The molecular formula is C17H30IN5. The Morgan fingerprint density at radius 1 is 1.22 bits per heavy atom. The Bertz CT molecular complexity index is 485. The minimum Gasteiger partial charge on any atom is -0.370 e. The van der Waals surface area contributed by atoms with Gasteiger partial charge < -0.3 is 16.0 Å². The molecule has 0 atom stereocenters. The molecule has 1 saturated heterocycles. The molecule has 0 unspecified atom stereocenters. The standard InChI is InChI=1S/C17H29N5.HI/c1-17(2,3)21-16(18)20-13-14-8-9-15(19-12-14)22-10-6-4-5-7-11-22;/h8-9,12H,4-7,10-11,13H2,1-3H3,(H3,18,20,21);1H. The summed E-state index contributed by atoms with van der Waals surface area (Å²) in [5.41, 5.74) is 6.90. The second-order valence-corrected chi connectivity index (χ2v) is 7.00. The van der Waals surface area contributed by atoms with E-state index in [2.05, 4.69) is 53.1 Å². The number of guanidine groups is 1. The summed E-state index contributed by atoms with van der Waals surface area (Å²) >= 11 is 0. The number of halogens is 1. The van der Waals surface area contributed by atoms with E-state index in [4.69, 9.17) is 5.73 Å². The molecule has 3 N–H and O–H groups in total. The largest absolute Gasteiger partial charge is 0.370 e. The summed E-state index contributed by atoms with van der Waals surface area (Å²) in [5, 5.41) is 3.16. The van der Waals surface area contributed by atoms with Gasteiger partial charge in [-0.25, -0.2) is 9.98 Å². The van der Waals surface area contributed by atoms with Crippen molar-refractivity contribution in [3.8, 4) is 0 Å². The molecule has 0 bridgehead atoms. The van der Waals surface area contributed by atoms with Gasteiger partial charge in [0, 0.05) is 24.8 Å². The lowest BCUT2D eigenvalue weighted by Gasteiger charge is -2.21. The number of pyridine rings is 1. The number of anilines is 1. The Labute approximate surface area is 157 Å². The zero-order valence-electron chi connectivity index (χ0n) is 14.5. The van der Waals surface area contributed by atoms with Crippen molar-refractivity contribution in [1.29, 1.82) is 0 Å². The minimum absolute atomic E-state index is 0. The fraction of sp³-hybridized carbons (Fsp3) is 0.647. The Morgan fingerprint density at radius 2 is 1.87 bits per heavy atom. The van der Waals surface area contributed by atoms with Gasteiger partial charge in [-0.05, 0) is 45.2 Å². The molecule has 2 heterocycles. The summed E-state index contributed by atoms with van der Waals surface area (Å²) in [4.78, 5) is 11.3. The van der Waals surface area contributed by atoms with E-state index in [1.165, 1.54) is 25.7 Å². The molecule has 0 radical (unpaired) electrons. The van der Waals surface area contributed by atoms with Gasteiger partial charge in [0.2, 0.25) is 0 Å². The number of nitrogens with two attached hydrogens (primary N) is 1. The molecule has 1 aliphatic heterocycles. The van der Waals surface area contributed by atoms with Crippen LogP contribution in [-0.4, -0.2) is 29.6 Å². The van der Waals surface area contributed by atoms with Crippen LogP contribution in [0.3, 0.4) is 0 Å². The average molecular weight is 431 g/mol. The van der Waals surface area contributed by atoms with Crippen LogP contribution in [0.4, 0.5) is 5.82 Å². The first kappa shape index (κ1) is 20.0. The van der Waals surface area contributed by atoms with Crippen molar-refractivity contribution < 1.29 is 0 Å². The molecule has 6 heteroatoms. The molecule has 1 fully saturated rings. The highest BCUT2D eigenvalue weighted by Gasteiger charge is 2.11. The highest BCUT2D eigenvalue weighted by atomic mass is 127. The van der Waals surface area contributed by atoms with Crippen LogP contribution < -0.4 is 16.0 Å². The fourth-order valence-electron chi connectivity index (χ4n) is 2.60. The van der Waals surface area contributed by atoms with Crippen LogP contribution in [0.25, 0.3) is 0 Å². The summed E-state index contributed by atoms with van der Waals surface area (Å²) in [6.45, 7) is 8.98. The van der Waals surface area contributed by atoms with Crippen molar-refractivity contribution in [2.24, 2.45) is 10.7 Å². The third kappa shape index (κ3) is 7.37. The van der Waals surface area contributed by atoms with E-state index in [1.807, 2.05) is 6.20 Å². The Hall–Kier alpha value is -1.05. The van der Waals surface area contributed by atoms with Crippen molar-refractivity contribution in [3.63, 3.8) is 0 Å².